The van der Waals surface area contributed by atoms with Gasteiger partial charge >= 0.3 is 0 Å². The summed E-state index contributed by atoms with van der Waals surface area (Å²) in [5.41, 5.74) is 2.98. The number of nitriles is 1. The minimum absolute atomic E-state index is 0.257. The van der Waals surface area contributed by atoms with Crippen LogP contribution in [-0.4, -0.2) is 41.2 Å². The van der Waals surface area contributed by atoms with Gasteiger partial charge < -0.3 is 20.1 Å². The predicted octanol–water partition coefficient (Wildman–Crippen LogP) is 3.53. The molecule has 2 aromatic carbocycles. The molecule has 0 radical (unpaired) electrons. The van der Waals surface area contributed by atoms with E-state index >= 15 is 0 Å². The molecule has 0 amide bonds. The van der Waals surface area contributed by atoms with Gasteiger partial charge in [-0.2, -0.15) is 5.26 Å². The molecule has 0 saturated carbocycles. The quantitative estimate of drug-likeness (QED) is 0.433. The number of guanidine groups is 1. The van der Waals surface area contributed by atoms with E-state index < -0.39 is 0 Å². The number of rotatable bonds is 7. The Morgan fingerprint density at radius 1 is 1.18 bits per heavy atom. The lowest BCUT2D eigenvalue weighted by atomic mass is 10.0. The van der Waals surface area contributed by atoms with Gasteiger partial charge in [-0.3, -0.25) is 0 Å². The molecule has 7 heteroatoms. The van der Waals surface area contributed by atoms with Gasteiger partial charge in [0.05, 0.1) is 11.3 Å². The maximum Gasteiger partial charge on any atom is 0.191 e. The molecule has 1 saturated heterocycles. The van der Waals surface area contributed by atoms with Gasteiger partial charge in [0.1, 0.15) is 18.4 Å². The number of nitrogens with zero attached hydrogens (tertiary/aromatic N) is 5. The molecule has 1 aromatic heterocycles. The van der Waals surface area contributed by atoms with Crippen molar-refractivity contribution in [1.82, 2.24) is 20.2 Å². The summed E-state index contributed by atoms with van der Waals surface area (Å²) in [7, 11) is 0. The summed E-state index contributed by atoms with van der Waals surface area (Å²) in [6, 6.07) is 20.8. The van der Waals surface area contributed by atoms with Crippen molar-refractivity contribution >= 4 is 11.6 Å². The lowest BCUT2D eigenvalue weighted by Crippen LogP contribution is -2.51. The number of anilines is 1. The third-order valence-corrected chi connectivity index (χ3v) is 5.85. The third-order valence-electron chi connectivity index (χ3n) is 5.85. The molecule has 2 heterocycles. The Hall–Kier alpha value is -3.79. The standard InChI is InChI=1S/C26H31N7/c1-2-28-26(30-18-25-29-14-16-33(25)19-21-9-4-3-5-10-21)31-23-12-8-15-32(20-23)24-13-7-6-11-22(24)17-27/h3-7,9-11,13-14,16,23H,2,8,12,15,18-20H2,1H3,(H2,28,30,31). The molecule has 0 spiro atoms. The fraction of sp³-hybridized carbons (Fsp3) is 0.346. The molecule has 1 unspecified atom stereocenters. The second-order valence-electron chi connectivity index (χ2n) is 8.21. The van der Waals surface area contributed by atoms with Crippen LogP contribution in [0.4, 0.5) is 5.69 Å². The van der Waals surface area contributed by atoms with Crippen LogP contribution in [0.3, 0.4) is 0 Å². The van der Waals surface area contributed by atoms with E-state index in [9.17, 15) is 5.26 Å². The molecule has 0 bridgehead atoms. The zero-order chi connectivity index (χ0) is 22.9. The van der Waals surface area contributed by atoms with Crippen LogP contribution in [0.15, 0.2) is 72.0 Å². The number of para-hydroxylation sites is 1. The second kappa shape index (κ2) is 11.2. The number of benzene rings is 2. The molecule has 1 aliphatic rings. The van der Waals surface area contributed by atoms with Gasteiger partial charge in [0, 0.05) is 44.6 Å². The van der Waals surface area contributed by atoms with Crippen LogP contribution in [-0.2, 0) is 13.1 Å². The molecule has 2 N–H and O–H groups in total. The van der Waals surface area contributed by atoms with Gasteiger partial charge in [-0.1, -0.05) is 42.5 Å². The molecule has 33 heavy (non-hydrogen) atoms. The van der Waals surface area contributed by atoms with Crippen molar-refractivity contribution in [2.24, 2.45) is 4.99 Å². The van der Waals surface area contributed by atoms with E-state index in [0.29, 0.717) is 6.54 Å². The largest absolute Gasteiger partial charge is 0.368 e. The highest BCUT2D eigenvalue weighted by Gasteiger charge is 2.22. The van der Waals surface area contributed by atoms with Crippen LogP contribution in [0.2, 0.25) is 0 Å². The first-order valence-electron chi connectivity index (χ1n) is 11.6. The highest BCUT2D eigenvalue weighted by molar-refractivity contribution is 5.80. The highest BCUT2D eigenvalue weighted by Crippen LogP contribution is 2.23. The van der Waals surface area contributed by atoms with E-state index in [1.165, 1.54) is 5.56 Å². The Bertz CT molecular complexity index is 1100. The molecule has 3 aromatic rings. The summed E-state index contributed by atoms with van der Waals surface area (Å²) in [5.74, 6) is 1.73. The number of imidazole rings is 1. The maximum atomic E-state index is 9.48. The van der Waals surface area contributed by atoms with Crippen LogP contribution in [0, 0.1) is 11.3 Å². The van der Waals surface area contributed by atoms with Crippen LogP contribution in [0.25, 0.3) is 0 Å². The fourth-order valence-corrected chi connectivity index (χ4v) is 4.24. The van der Waals surface area contributed by atoms with Crippen molar-refractivity contribution in [2.45, 2.75) is 38.9 Å². The van der Waals surface area contributed by atoms with Gasteiger partial charge in [-0.05, 0) is 37.5 Å². The monoisotopic (exact) mass is 441 g/mol. The Morgan fingerprint density at radius 3 is 2.82 bits per heavy atom. The molecular weight excluding hydrogens is 410 g/mol. The van der Waals surface area contributed by atoms with Crippen molar-refractivity contribution < 1.29 is 0 Å². The first kappa shape index (κ1) is 22.4. The number of aliphatic imine (C=N–C) groups is 1. The van der Waals surface area contributed by atoms with E-state index in [1.54, 1.807) is 0 Å². The van der Waals surface area contributed by atoms with E-state index in [-0.39, 0.29) is 6.04 Å². The van der Waals surface area contributed by atoms with Gasteiger partial charge in [0.25, 0.3) is 0 Å². The second-order valence-corrected chi connectivity index (χ2v) is 8.21. The Balaban J connectivity index is 1.42. The van der Waals surface area contributed by atoms with E-state index in [2.05, 4.69) is 62.3 Å². The van der Waals surface area contributed by atoms with Gasteiger partial charge in [0.15, 0.2) is 5.96 Å². The Morgan fingerprint density at radius 2 is 2.00 bits per heavy atom. The Kier molecular flexibility index (Phi) is 7.60. The van der Waals surface area contributed by atoms with Gasteiger partial charge in [-0.15, -0.1) is 0 Å². The Labute approximate surface area is 195 Å². The number of piperidine rings is 1. The molecule has 1 aliphatic heterocycles. The minimum atomic E-state index is 0.257. The lowest BCUT2D eigenvalue weighted by Gasteiger charge is -2.35. The summed E-state index contributed by atoms with van der Waals surface area (Å²) >= 11 is 0. The van der Waals surface area contributed by atoms with Gasteiger partial charge in [-0.25, -0.2) is 9.98 Å². The fourth-order valence-electron chi connectivity index (χ4n) is 4.24. The lowest BCUT2D eigenvalue weighted by molar-refractivity contribution is 0.467. The van der Waals surface area contributed by atoms with Crippen molar-refractivity contribution in [1.29, 1.82) is 5.26 Å². The molecule has 170 valence electrons. The molecule has 1 fully saturated rings. The van der Waals surface area contributed by atoms with Crippen molar-refractivity contribution in [3.63, 3.8) is 0 Å². The summed E-state index contributed by atoms with van der Waals surface area (Å²) in [6.07, 6.45) is 5.97. The summed E-state index contributed by atoms with van der Waals surface area (Å²) in [4.78, 5) is 11.6. The first-order chi connectivity index (χ1) is 16.3. The number of nitrogens with one attached hydrogen (secondary N) is 2. The zero-order valence-electron chi connectivity index (χ0n) is 19.1. The SMILES string of the molecule is CCNC(=NCc1nccn1Cc1ccccc1)NC1CCCN(c2ccccc2C#N)C1. The topological polar surface area (TPSA) is 81.3 Å². The van der Waals surface area contributed by atoms with Crippen molar-refractivity contribution in [2.75, 3.05) is 24.5 Å². The molecule has 4 rings (SSSR count). The normalized spacial score (nSPS) is 16.3. The molecule has 7 nitrogen and oxygen atoms in total. The summed E-state index contributed by atoms with van der Waals surface area (Å²) < 4.78 is 2.14. The number of hydrogen-bond acceptors (Lipinski definition) is 4. The third kappa shape index (κ3) is 5.92. The van der Waals surface area contributed by atoms with Crippen molar-refractivity contribution in [3.8, 4) is 6.07 Å². The van der Waals surface area contributed by atoms with Crippen molar-refractivity contribution in [3.05, 3.63) is 83.9 Å². The molecular formula is C26H31N7. The smallest absolute Gasteiger partial charge is 0.191 e. The summed E-state index contributed by atoms with van der Waals surface area (Å²) in [5, 5.41) is 16.4. The van der Waals surface area contributed by atoms with E-state index in [0.717, 1.165) is 62.1 Å². The summed E-state index contributed by atoms with van der Waals surface area (Å²) in [6.45, 7) is 5.95. The van der Waals surface area contributed by atoms with Crippen LogP contribution < -0.4 is 15.5 Å². The van der Waals surface area contributed by atoms with E-state index in [4.69, 9.17) is 4.99 Å². The highest BCUT2D eigenvalue weighted by atomic mass is 15.2. The zero-order valence-corrected chi connectivity index (χ0v) is 19.1. The van der Waals surface area contributed by atoms with Crippen LogP contribution in [0.5, 0.6) is 0 Å². The van der Waals surface area contributed by atoms with Crippen LogP contribution in [0.1, 0.15) is 36.7 Å². The molecule has 1 atom stereocenters. The first-order valence-corrected chi connectivity index (χ1v) is 11.6. The number of hydrogen-bond donors (Lipinski definition) is 2. The van der Waals surface area contributed by atoms with Gasteiger partial charge in [0.2, 0.25) is 0 Å². The average Bonchev–Trinajstić information content (AvgIpc) is 3.30. The minimum Gasteiger partial charge on any atom is -0.368 e. The average molecular weight is 442 g/mol. The molecule has 0 aliphatic carbocycles. The predicted molar refractivity (Wildman–Crippen MR) is 132 cm³/mol. The number of aromatic nitrogens is 2. The van der Waals surface area contributed by atoms with Crippen LogP contribution >= 0.6 is 0 Å². The van der Waals surface area contributed by atoms with E-state index in [1.807, 2.05) is 42.7 Å². The maximum absolute atomic E-state index is 9.48.